The number of urea groups is 1. The number of carbonyl (C=O) groups excluding carboxylic acids is 1. The van der Waals surface area contributed by atoms with Crippen molar-refractivity contribution < 1.29 is 4.79 Å². The van der Waals surface area contributed by atoms with Gasteiger partial charge in [-0.25, -0.2) is 14.8 Å². The van der Waals surface area contributed by atoms with E-state index in [1.54, 1.807) is 11.3 Å². The van der Waals surface area contributed by atoms with Gasteiger partial charge < -0.3 is 10.6 Å². The summed E-state index contributed by atoms with van der Waals surface area (Å²) in [6.07, 6.45) is 8.37. The molecule has 2 N–H and O–H groups in total. The van der Waals surface area contributed by atoms with E-state index in [-0.39, 0.29) is 6.03 Å². The second kappa shape index (κ2) is 9.25. The molecule has 6 rings (SSSR count). The second-order valence-corrected chi connectivity index (χ2v) is 10.4. The molecule has 1 saturated carbocycles. The number of nitrogens with one attached hydrogen (secondary N) is 2. The monoisotopic (exact) mass is 439 g/mol. The van der Waals surface area contributed by atoms with Crippen molar-refractivity contribution >= 4 is 17.4 Å². The zero-order valence-corrected chi connectivity index (χ0v) is 19.2. The number of carbonyl (C=O) groups is 1. The number of fused-ring (bicyclic) bond motifs is 3. The van der Waals surface area contributed by atoms with Crippen molar-refractivity contribution in [2.24, 2.45) is 5.92 Å². The van der Waals surface area contributed by atoms with Gasteiger partial charge in [0, 0.05) is 36.8 Å². The molecule has 3 saturated heterocycles. The minimum Gasteiger partial charge on any atom is -0.337 e. The Balaban J connectivity index is 1.20. The summed E-state index contributed by atoms with van der Waals surface area (Å²) in [6.45, 7) is 4.89. The van der Waals surface area contributed by atoms with Gasteiger partial charge in [0.05, 0.1) is 10.6 Å². The molecule has 3 aliphatic heterocycles. The number of aromatic nitrogens is 2. The lowest BCUT2D eigenvalue weighted by atomic mass is 9.74. The Morgan fingerprint density at radius 1 is 1.23 bits per heavy atom. The van der Waals surface area contributed by atoms with E-state index in [2.05, 4.69) is 44.1 Å². The SMILES string of the molecule is Cc1nc(-c2cccs2)cc([C@@H]2CN3CC[C@H]2C[C@@H]3CNC(=O)NC2CCCCC2)n1. The molecule has 2 bridgehead atoms. The molecular formula is C24H33N5OS. The van der Waals surface area contributed by atoms with Crippen molar-refractivity contribution in [1.82, 2.24) is 25.5 Å². The van der Waals surface area contributed by atoms with Gasteiger partial charge in [0.25, 0.3) is 0 Å². The van der Waals surface area contributed by atoms with E-state index >= 15 is 0 Å². The predicted octanol–water partition coefficient (Wildman–Crippen LogP) is 4.32. The van der Waals surface area contributed by atoms with E-state index in [1.165, 1.54) is 36.3 Å². The third kappa shape index (κ3) is 4.77. The number of nitrogens with zero attached hydrogens (tertiary/aromatic N) is 3. The lowest BCUT2D eigenvalue weighted by Gasteiger charge is -2.49. The summed E-state index contributed by atoms with van der Waals surface area (Å²) in [4.78, 5) is 25.7. The molecule has 166 valence electrons. The van der Waals surface area contributed by atoms with Crippen molar-refractivity contribution in [3.63, 3.8) is 0 Å². The van der Waals surface area contributed by atoms with E-state index in [9.17, 15) is 4.79 Å². The molecule has 0 radical (unpaired) electrons. The molecule has 0 aromatic carbocycles. The van der Waals surface area contributed by atoms with Gasteiger partial charge in [0.2, 0.25) is 0 Å². The fourth-order valence-corrected chi connectivity index (χ4v) is 6.40. The molecule has 1 aliphatic carbocycles. The Morgan fingerprint density at radius 3 is 2.84 bits per heavy atom. The first-order valence-electron chi connectivity index (χ1n) is 11.8. The molecule has 0 spiro atoms. The summed E-state index contributed by atoms with van der Waals surface area (Å²) in [5.41, 5.74) is 2.23. The van der Waals surface area contributed by atoms with E-state index < -0.39 is 0 Å². The van der Waals surface area contributed by atoms with Gasteiger partial charge in [-0.1, -0.05) is 25.3 Å². The van der Waals surface area contributed by atoms with Gasteiger partial charge in [-0.15, -0.1) is 11.3 Å². The lowest BCUT2D eigenvalue weighted by molar-refractivity contribution is 0.0304. The van der Waals surface area contributed by atoms with Crippen LogP contribution < -0.4 is 10.6 Å². The normalized spacial score (nSPS) is 28.4. The highest BCUT2D eigenvalue weighted by Crippen LogP contribution is 2.41. The van der Waals surface area contributed by atoms with Gasteiger partial charge in [-0.3, -0.25) is 4.90 Å². The summed E-state index contributed by atoms with van der Waals surface area (Å²) >= 11 is 1.73. The third-order valence-corrected chi connectivity index (χ3v) is 8.22. The lowest BCUT2D eigenvalue weighted by Crippen LogP contribution is -2.57. The van der Waals surface area contributed by atoms with Crippen LogP contribution in [0.25, 0.3) is 10.6 Å². The van der Waals surface area contributed by atoms with Crippen LogP contribution in [0.4, 0.5) is 4.79 Å². The highest BCUT2D eigenvalue weighted by atomic mass is 32.1. The molecule has 2 amide bonds. The van der Waals surface area contributed by atoms with Gasteiger partial charge in [0.1, 0.15) is 5.82 Å². The molecule has 4 atom stereocenters. The summed E-state index contributed by atoms with van der Waals surface area (Å²) < 4.78 is 0. The molecule has 2 aromatic heterocycles. The molecule has 5 heterocycles. The number of piperidine rings is 3. The van der Waals surface area contributed by atoms with Crippen LogP contribution >= 0.6 is 11.3 Å². The van der Waals surface area contributed by atoms with Crippen LogP contribution in [0.15, 0.2) is 23.6 Å². The van der Waals surface area contributed by atoms with Crippen LogP contribution in [0.3, 0.4) is 0 Å². The average Bonchev–Trinajstić information content (AvgIpc) is 3.33. The molecule has 2 aromatic rings. The Bertz CT molecular complexity index is 895. The maximum atomic E-state index is 12.4. The fraction of sp³-hybridized carbons (Fsp3) is 0.625. The number of hydrogen-bond acceptors (Lipinski definition) is 5. The minimum absolute atomic E-state index is 0.0121. The average molecular weight is 440 g/mol. The van der Waals surface area contributed by atoms with E-state index in [0.29, 0.717) is 23.9 Å². The van der Waals surface area contributed by atoms with Crippen LogP contribution in [0.2, 0.25) is 0 Å². The molecule has 6 nitrogen and oxygen atoms in total. The first-order chi connectivity index (χ1) is 15.2. The number of hydrogen-bond donors (Lipinski definition) is 2. The Labute approximate surface area is 188 Å². The van der Waals surface area contributed by atoms with Crippen LogP contribution in [0.1, 0.15) is 62.4 Å². The van der Waals surface area contributed by atoms with Crippen molar-refractivity contribution in [2.75, 3.05) is 19.6 Å². The maximum absolute atomic E-state index is 12.4. The van der Waals surface area contributed by atoms with E-state index in [0.717, 1.165) is 50.4 Å². The van der Waals surface area contributed by atoms with Gasteiger partial charge in [-0.2, -0.15) is 0 Å². The molecular weight excluding hydrogens is 406 g/mol. The van der Waals surface area contributed by atoms with Crippen LogP contribution in [-0.4, -0.2) is 52.6 Å². The number of amides is 2. The molecule has 1 unspecified atom stereocenters. The molecule has 31 heavy (non-hydrogen) atoms. The molecule has 4 fully saturated rings. The van der Waals surface area contributed by atoms with Crippen LogP contribution in [0.5, 0.6) is 0 Å². The predicted molar refractivity (Wildman–Crippen MR) is 124 cm³/mol. The minimum atomic E-state index is 0.0121. The Hall–Kier alpha value is -1.99. The quantitative estimate of drug-likeness (QED) is 0.728. The number of thiophene rings is 1. The topological polar surface area (TPSA) is 70.2 Å². The van der Waals surface area contributed by atoms with Gasteiger partial charge >= 0.3 is 6.03 Å². The van der Waals surface area contributed by atoms with Crippen molar-refractivity contribution in [3.05, 3.63) is 35.1 Å². The van der Waals surface area contributed by atoms with Crippen molar-refractivity contribution in [1.29, 1.82) is 0 Å². The summed E-state index contributed by atoms with van der Waals surface area (Å²) in [7, 11) is 0. The molecule has 7 heteroatoms. The van der Waals surface area contributed by atoms with E-state index in [4.69, 9.17) is 4.98 Å². The van der Waals surface area contributed by atoms with Crippen LogP contribution in [-0.2, 0) is 0 Å². The largest absolute Gasteiger partial charge is 0.337 e. The molecule has 4 aliphatic rings. The smallest absolute Gasteiger partial charge is 0.315 e. The first-order valence-corrected chi connectivity index (χ1v) is 12.7. The van der Waals surface area contributed by atoms with Gasteiger partial charge in [0.15, 0.2) is 0 Å². The zero-order valence-electron chi connectivity index (χ0n) is 18.3. The summed E-state index contributed by atoms with van der Waals surface area (Å²) in [6, 6.07) is 7.22. The maximum Gasteiger partial charge on any atom is 0.315 e. The first kappa shape index (κ1) is 20.9. The zero-order chi connectivity index (χ0) is 21.2. The van der Waals surface area contributed by atoms with Crippen LogP contribution in [0, 0.1) is 12.8 Å². The number of rotatable bonds is 5. The van der Waals surface area contributed by atoms with E-state index in [1.807, 2.05) is 6.92 Å². The van der Waals surface area contributed by atoms with Gasteiger partial charge in [-0.05, 0) is 62.6 Å². The highest BCUT2D eigenvalue weighted by Gasteiger charge is 2.41. The highest BCUT2D eigenvalue weighted by molar-refractivity contribution is 7.13. The Morgan fingerprint density at radius 2 is 2.10 bits per heavy atom. The second-order valence-electron chi connectivity index (χ2n) is 9.43. The summed E-state index contributed by atoms with van der Waals surface area (Å²) in [5.74, 6) is 1.94. The van der Waals surface area contributed by atoms with Crippen molar-refractivity contribution in [3.8, 4) is 10.6 Å². The fourth-order valence-electron chi connectivity index (χ4n) is 5.71. The summed E-state index contributed by atoms with van der Waals surface area (Å²) in [5, 5.41) is 8.44. The Kier molecular flexibility index (Phi) is 6.23. The third-order valence-electron chi connectivity index (χ3n) is 7.33. The standard InChI is InChI=1S/C24H33N5OS/c1-16-26-21(13-22(27-16)23-8-5-11-31-23)20-15-29-10-9-17(20)12-19(29)14-25-24(30)28-18-6-3-2-4-7-18/h5,8,11,13,17-20H,2-4,6-7,9-10,12,14-15H2,1H3,(H2,25,28,30)/t17-,19+,20+/m0/s1. The van der Waals surface area contributed by atoms with Crippen molar-refractivity contribution in [2.45, 2.75) is 69.9 Å². The number of aryl methyl sites for hydroxylation is 1.